The van der Waals surface area contributed by atoms with Crippen LogP contribution in [-0.4, -0.2) is 10.9 Å². The first-order valence-electron chi connectivity index (χ1n) is 2.84. The van der Waals surface area contributed by atoms with Gasteiger partial charge in [0.2, 0.25) is 0 Å². The van der Waals surface area contributed by atoms with Gasteiger partial charge in [0, 0.05) is 11.1 Å². The number of aldehydes is 1. The van der Waals surface area contributed by atoms with Gasteiger partial charge in [0.05, 0.1) is 6.54 Å². The summed E-state index contributed by atoms with van der Waals surface area (Å²) in [6.07, 6.45) is 0.723. The second kappa shape index (κ2) is 2.79. The van der Waals surface area contributed by atoms with E-state index in [-0.39, 0.29) is 11.4 Å². The Morgan fingerprint density at radius 3 is 2.90 bits per heavy atom. The van der Waals surface area contributed by atoms with Crippen LogP contribution in [-0.2, 0) is 11.3 Å². The molecule has 0 radical (unpaired) electrons. The summed E-state index contributed by atoms with van der Waals surface area (Å²) in [6, 6.07) is 0. The summed E-state index contributed by atoms with van der Waals surface area (Å²) < 4.78 is 1.44. The number of aromatic nitrogens is 1. The molecule has 0 amide bonds. The fourth-order valence-corrected chi connectivity index (χ4v) is 1.44. The van der Waals surface area contributed by atoms with Crippen LogP contribution in [0, 0.1) is 6.92 Å². The minimum Gasteiger partial charge on any atom is -0.301 e. The van der Waals surface area contributed by atoms with Crippen LogP contribution in [0.25, 0.3) is 0 Å². The van der Waals surface area contributed by atoms with Crippen molar-refractivity contribution in [2.45, 2.75) is 13.5 Å². The first kappa shape index (κ1) is 7.21. The number of carbonyl (C=O) groups excluding carboxylic acids is 1. The molecule has 0 aliphatic rings. The maximum atomic E-state index is 10.9. The van der Waals surface area contributed by atoms with Crippen molar-refractivity contribution in [2.24, 2.45) is 0 Å². The monoisotopic (exact) mass is 157 g/mol. The normalized spacial score (nSPS) is 9.70. The number of hydrogen-bond donors (Lipinski definition) is 0. The van der Waals surface area contributed by atoms with Crippen molar-refractivity contribution < 1.29 is 4.79 Å². The summed E-state index contributed by atoms with van der Waals surface area (Å²) in [7, 11) is 0. The molecule has 0 saturated heterocycles. The van der Waals surface area contributed by atoms with Gasteiger partial charge in [-0.25, -0.2) is 0 Å². The van der Waals surface area contributed by atoms with Crippen LogP contribution in [0.4, 0.5) is 0 Å². The molecular weight excluding hydrogens is 150 g/mol. The molecule has 4 heteroatoms. The predicted octanol–water partition coefficient (Wildman–Crippen LogP) is 0.417. The van der Waals surface area contributed by atoms with E-state index in [1.807, 2.05) is 0 Å². The Morgan fingerprint density at radius 1 is 1.80 bits per heavy atom. The van der Waals surface area contributed by atoms with Crippen LogP contribution in [0.1, 0.15) is 5.69 Å². The highest BCUT2D eigenvalue weighted by Gasteiger charge is 1.98. The number of hydrogen-bond acceptors (Lipinski definition) is 3. The zero-order valence-electron chi connectivity index (χ0n) is 5.53. The molecule has 54 valence electrons. The van der Waals surface area contributed by atoms with Crippen molar-refractivity contribution in [2.75, 3.05) is 0 Å². The molecule has 1 aromatic rings. The van der Waals surface area contributed by atoms with E-state index in [1.165, 1.54) is 4.57 Å². The molecule has 0 bridgehead atoms. The number of nitrogens with zero attached hydrogens (tertiary/aromatic N) is 1. The van der Waals surface area contributed by atoms with Gasteiger partial charge < -0.3 is 4.79 Å². The van der Waals surface area contributed by atoms with E-state index >= 15 is 0 Å². The highest BCUT2D eigenvalue weighted by atomic mass is 32.1. The van der Waals surface area contributed by atoms with E-state index in [0.29, 0.717) is 0 Å². The van der Waals surface area contributed by atoms with E-state index < -0.39 is 0 Å². The van der Waals surface area contributed by atoms with E-state index in [2.05, 4.69) is 0 Å². The molecule has 0 aromatic carbocycles. The van der Waals surface area contributed by atoms with Gasteiger partial charge in [-0.3, -0.25) is 9.36 Å². The van der Waals surface area contributed by atoms with Gasteiger partial charge in [0.25, 0.3) is 0 Å². The number of rotatable bonds is 2. The lowest BCUT2D eigenvalue weighted by Crippen LogP contribution is -2.14. The first-order chi connectivity index (χ1) is 4.75. The Bertz CT molecular complexity index is 286. The molecule has 0 aliphatic heterocycles. The fraction of sp³-hybridized carbons (Fsp3) is 0.333. The average Bonchev–Trinajstić information content (AvgIpc) is 2.20. The van der Waals surface area contributed by atoms with Crippen LogP contribution in [0.5, 0.6) is 0 Å². The molecule has 0 aliphatic carbocycles. The SMILES string of the molecule is Cc1csc(=O)n1CC=O. The summed E-state index contributed by atoms with van der Waals surface area (Å²) in [5.74, 6) is 0. The van der Waals surface area contributed by atoms with Gasteiger partial charge in [-0.2, -0.15) is 0 Å². The van der Waals surface area contributed by atoms with E-state index in [0.717, 1.165) is 23.3 Å². The summed E-state index contributed by atoms with van der Waals surface area (Å²) in [6.45, 7) is 1.98. The van der Waals surface area contributed by atoms with Crippen molar-refractivity contribution in [1.82, 2.24) is 4.57 Å². The van der Waals surface area contributed by atoms with Crippen LogP contribution in [0.3, 0.4) is 0 Å². The smallest absolute Gasteiger partial charge is 0.301 e. The summed E-state index contributed by atoms with van der Waals surface area (Å²) in [5, 5.41) is 1.74. The standard InChI is InChI=1S/C6H7NO2S/c1-5-4-10-6(9)7(5)2-3-8/h3-4H,2H2,1H3. The van der Waals surface area contributed by atoms with Crippen molar-refractivity contribution in [3.8, 4) is 0 Å². The topological polar surface area (TPSA) is 39.1 Å². The Morgan fingerprint density at radius 2 is 2.50 bits per heavy atom. The average molecular weight is 157 g/mol. The summed E-state index contributed by atoms with van der Waals surface area (Å²) in [4.78, 5) is 20.8. The minimum atomic E-state index is -0.0652. The molecule has 1 heterocycles. The van der Waals surface area contributed by atoms with E-state index in [4.69, 9.17) is 0 Å². The lowest BCUT2D eigenvalue weighted by molar-refractivity contribution is -0.108. The van der Waals surface area contributed by atoms with E-state index in [9.17, 15) is 9.59 Å². The largest absolute Gasteiger partial charge is 0.307 e. The van der Waals surface area contributed by atoms with Crippen LogP contribution < -0.4 is 4.87 Å². The zero-order valence-corrected chi connectivity index (χ0v) is 6.35. The third kappa shape index (κ3) is 1.16. The Labute approximate surface area is 61.9 Å². The lowest BCUT2D eigenvalue weighted by Gasteiger charge is -1.94. The maximum absolute atomic E-state index is 10.9. The van der Waals surface area contributed by atoms with Gasteiger partial charge in [-0.1, -0.05) is 11.3 Å². The van der Waals surface area contributed by atoms with Crippen LogP contribution in [0.2, 0.25) is 0 Å². The molecule has 3 nitrogen and oxygen atoms in total. The number of aryl methyl sites for hydroxylation is 1. The van der Waals surface area contributed by atoms with Gasteiger partial charge >= 0.3 is 4.87 Å². The molecule has 1 aromatic heterocycles. The van der Waals surface area contributed by atoms with E-state index in [1.54, 1.807) is 12.3 Å². The zero-order chi connectivity index (χ0) is 7.56. The second-order valence-corrected chi connectivity index (χ2v) is 2.74. The van der Waals surface area contributed by atoms with Crippen molar-refractivity contribution in [3.63, 3.8) is 0 Å². The summed E-state index contributed by atoms with van der Waals surface area (Å²) in [5.41, 5.74) is 0.849. The third-order valence-electron chi connectivity index (χ3n) is 1.23. The van der Waals surface area contributed by atoms with Crippen molar-refractivity contribution in [3.05, 3.63) is 20.7 Å². The molecule has 0 atom stereocenters. The maximum Gasteiger partial charge on any atom is 0.307 e. The van der Waals surface area contributed by atoms with Gasteiger partial charge in [-0.15, -0.1) is 0 Å². The first-order valence-corrected chi connectivity index (χ1v) is 3.72. The van der Waals surface area contributed by atoms with Gasteiger partial charge in [-0.05, 0) is 6.92 Å². The highest BCUT2D eigenvalue weighted by Crippen LogP contribution is 1.97. The third-order valence-corrected chi connectivity index (χ3v) is 2.11. The quantitative estimate of drug-likeness (QED) is 0.583. The molecule has 0 spiro atoms. The summed E-state index contributed by atoms with van der Waals surface area (Å²) >= 11 is 1.12. The predicted molar refractivity (Wildman–Crippen MR) is 39.4 cm³/mol. The van der Waals surface area contributed by atoms with Gasteiger partial charge in [0.1, 0.15) is 6.29 Å². The van der Waals surface area contributed by atoms with Gasteiger partial charge in [0.15, 0.2) is 0 Å². The molecular formula is C6H7NO2S. The minimum absolute atomic E-state index is 0.0652. The molecule has 10 heavy (non-hydrogen) atoms. The molecule has 1 rings (SSSR count). The van der Waals surface area contributed by atoms with Crippen molar-refractivity contribution in [1.29, 1.82) is 0 Å². The lowest BCUT2D eigenvalue weighted by atomic mass is 10.5. The molecule has 0 saturated carbocycles. The molecule has 0 N–H and O–H groups in total. The Balaban J connectivity index is 3.10. The molecule has 0 fully saturated rings. The van der Waals surface area contributed by atoms with Crippen LogP contribution in [0.15, 0.2) is 10.2 Å². The Hall–Kier alpha value is -0.900. The fourth-order valence-electron chi connectivity index (χ4n) is 0.700. The number of carbonyl (C=O) groups is 1. The van der Waals surface area contributed by atoms with Crippen LogP contribution >= 0.6 is 11.3 Å². The number of thiazole rings is 1. The molecule has 0 unspecified atom stereocenters. The second-order valence-electron chi connectivity index (χ2n) is 1.92. The highest BCUT2D eigenvalue weighted by molar-refractivity contribution is 7.07. The Kier molecular flexibility index (Phi) is 2.01. The van der Waals surface area contributed by atoms with Crippen molar-refractivity contribution >= 4 is 17.6 Å².